The van der Waals surface area contributed by atoms with E-state index < -0.39 is 0 Å². The van der Waals surface area contributed by atoms with Gasteiger partial charge in [-0.05, 0) is 25.5 Å². The lowest BCUT2D eigenvalue weighted by Crippen LogP contribution is -2.23. The van der Waals surface area contributed by atoms with E-state index in [2.05, 4.69) is 49.1 Å². The molecule has 0 aromatic heterocycles. The van der Waals surface area contributed by atoms with Crippen LogP contribution < -0.4 is 4.90 Å². The fourth-order valence-corrected chi connectivity index (χ4v) is 2.01. The minimum atomic E-state index is 1.11. The van der Waals surface area contributed by atoms with Crippen molar-refractivity contribution in [3.05, 3.63) is 30.3 Å². The average Bonchev–Trinajstić information content (AvgIpc) is 2.35. The lowest BCUT2D eigenvalue weighted by Gasteiger charge is -2.22. The second-order valence-corrected chi connectivity index (χ2v) is 4.33. The SMILES string of the molecule is CCCCCCCN(CC)c1ccccc1. The Morgan fingerprint density at radius 3 is 2.19 bits per heavy atom. The number of benzene rings is 1. The highest BCUT2D eigenvalue weighted by molar-refractivity contribution is 5.45. The number of anilines is 1. The van der Waals surface area contributed by atoms with Gasteiger partial charge in [0.2, 0.25) is 0 Å². The normalized spacial score (nSPS) is 10.4. The summed E-state index contributed by atoms with van der Waals surface area (Å²) >= 11 is 0. The van der Waals surface area contributed by atoms with E-state index in [0.29, 0.717) is 0 Å². The van der Waals surface area contributed by atoms with Crippen LogP contribution in [0, 0.1) is 0 Å². The first kappa shape index (κ1) is 13.1. The molecule has 0 aliphatic heterocycles. The zero-order valence-corrected chi connectivity index (χ0v) is 10.8. The van der Waals surface area contributed by atoms with Crippen LogP contribution in [0.1, 0.15) is 46.0 Å². The van der Waals surface area contributed by atoms with Crippen LogP contribution in [0.4, 0.5) is 5.69 Å². The van der Waals surface area contributed by atoms with Crippen molar-refractivity contribution in [3.8, 4) is 0 Å². The average molecular weight is 219 g/mol. The largest absolute Gasteiger partial charge is 0.372 e. The molecule has 1 rings (SSSR count). The summed E-state index contributed by atoms with van der Waals surface area (Å²) < 4.78 is 0. The lowest BCUT2D eigenvalue weighted by molar-refractivity contribution is 0.621. The van der Waals surface area contributed by atoms with Crippen molar-refractivity contribution in [2.75, 3.05) is 18.0 Å². The highest BCUT2D eigenvalue weighted by Crippen LogP contribution is 2.14. The molecule has 0 saturated carbocycles. The molecule has 0 unspecified atom stereocenters. The molecule has 0 aliphatic rings. The van der Waals surface area contributed by atoms with Gasteiger partial charge in [-0.2, -0.15) is 0 Å². The standard InChI is InChI=1S/C15H25N/c1-3-5-6-7-11-14-16(4-2)15-12-9-8-10-13-15/h8-10,12-13H,3-7,11,14H2,1-2H3. The van der Waals surface area contributed by atoms with Crippen molar-refractivity contribution in [3.63, 3.8) is 0 Å². The molecule has 1 aromatic rings. The first-order valence-electron chi connectivity index (χ1n) is 6.68. The monoisotopic (exact) mass is 219 g/mol. The molecule has 0 spiro atoms. The maximum Gasteiger partial charge on any atom is 0.0366 e. The molecular weight excluding hydrogens is 194 g/mol. The molecule has 1 nitrogen and oxygen atoms in total. The molecule has 0 bridgehead atoms. The van der Waals surface area contributed by atoms with Crippen molar-refractivity contribution in [2.24, 2.45) is 0 Å². The number of para-hydroxylation sites is 1. The first-order valence-corrected chi connectivity index (χ1v) is 6.68. The molecule has 0 radical (unpaired) electrons. The number of hydrogen-bond donors (Lipinski definition) is 0. The van der Waals surface area contributed by atoms with E-state index in [0.717, 1.165) is 6.54 Å². The second kappa shape index (κ2) is 8.20. The Balaban J connectivity index is 2.27. The molecule has 16 heavy (non-hydrogen) atoms. The van der Waals surface area contributed by atoms with E-state index in [1.807, 2.05) is 0 Å². The Hall–Kier alpha value is -0.980. The van der Waals surface area contributed by atoms with Crippen molar-refractivity contribution in [2.45, 2.75) is 46.0 Å². The zero-order chi connectivity index (χ0) is 11.6. The van der Waals surface area contributed by atoms with Crippen LogP contribution in [0.3, 0.4) is 0 Å². The second-order valence-electron chi connectivity index (χ2n) is 4.33. The van der Waals surface area contributed by atoms with Gasteiger partial charge in [-0.1, -0.05) is 50.8 Å². The Morgan fingerprint density at radius 2 is 1.56 bits per heavy atom. The maximum atomic E-state index is 2.46. The summed E-state index contributed by atoms with van der Waals surface area (Å²) in [6.45, 7) is 6.81. The molecule has 0 amide bonds. The molecule has 0 aliphatic carbocycles. The summed E-state index contributed by atoms with van der Waals surface area (Å²) in [7, 11) is 0. The third kappa shape index (κ3) is 4.69. The molecule has 0 N–H and O–H groups in total. The fourth-order valence-electron chi connectivity index (χ4n) is 2.01. The number of nitrogens with zero attached hydrogens (tertiary/aromatic N) is 1. The number of unbranched alkanes of at least 4 members (excludes halogenated alkanes) is 4. The Bertz CT molecular complexity index is 255. The topological polar surface area (TPSA) is 3.24 Å². The van der Waals surface area contributed by atoms with Crippen LogP contribution in [-0.2, 0) is 0 Å². The van der Waals surface area contributed by atoms with Gasteiger partial charge in [0.1, 0.15) is 0 Å². The highest BCUT2D eigenvalue weighted by Gasteiger charge is 2.02. The summed E-state index contributed by atoms with van der Waals surface area (Å²) in [4.78, 5) is 2.46. The summed E-state index contributed by atoms with van der Waals surface area (Å²) in [6.07, 6.45) is 6.80. The van der Waals surface area contributed by atoms with Gasteiger partial charge in [0, 0.05) is 18.8 Å². The number of hydrogen-bond acceptors (Lipinski definition) is 1. The predicted molar refractivity (Wildman–Crippen MR) is 73.1 cm³/mol. The van der Waals surface area contributed by atoms with Gasteiger partial charge in [-0.25, -0.2) is 0 Å². The Labute approximate surface area is 100 Å². The Morgan fingerprint density at radius 1 is 0.875 bits per heavy atom. The van der Waals surface area contributed by atoms with E-state index in [1.165, 1.54) is 44.3 Å². The summed E-state index contributed by atoms with van der Waals surface area (Å²) in [5, 5.41) is 0. The van der Waals surface area contributed by atoms with Crippen molar-refractivity contribution in [1.82, 2.24) is 0 Å². The van der Waals surface area contributed by atoms with Gasteiger partial charge in [-0.3, -0.25) is 0 Å². The van der Waals surface area contributed by atoms with E-state index in [4.69, 9.17) is 0 Å². The van der Waals surface area contributed by atoms with Crippen molar-refractivity contribution >= 4 is 5.69 Å². The molecule has 90 valence electrons. The van der Waals surface area contributed by atoms with E-state index >= 15 is 0 Å². The molecule has 0 fully saturated rings. The third-order valence-corrected chi connectivity index (χ3v) is 3.03. The molecule has 0 atom stereocenters. The van der Waals surface area contributed by atoms with Crippen molar-refractivity contribution in [1.29, 1.82) is 0 Å². The zero-order valence-electron chi connectivity index (χ0n) is 10.8. The van der Waals surface area contributed by atoms with Gasteiger partial charge < -0.3 is 4.90 Å². The van der Waals surface area contributed by atoms with Crippen LogP contribution in [-0.4, -0.2) is 13.1 Å². The maximum absolute atomic E-state index is 2.46. The molecule has 0 heterocycles. The summed E-state index contributed by atoms with van der Waals surface area (Å²) in [5.41, 5.74) is 1.36. The quantitative estimate of drug-likeness (QED) is 0.582. The first-order chi connectivity index (χ1) is 7.88. The van der Waals surface area contributed by atoms with E-state index in [-0.39, 0.29) is 0 Å². The van der Waals surface area contributed by atoms with Crippen molar-refractivity contribution < 1.29 is 0 Å². The van der Waals surface area contributed by atoms with Gasteiger partial charge >= 0.3 is 0 Å². The van der Waals surface area contributed by atoms with Gasteiger partial charge in [-0.15, -0.1) is 0 Å². The van der Waals surface area contributed by atoms with Crippen LogP contribution in [0.5, 0.6) is 0 Å². The van der Waals surface area contributed by atoms with Gasteiger partial charge in [0.25, 0.3) is 0 Å². The van der Waals surface area contributed by atoms with Crippen LogP contribution in [0.15, 0.2) is 30.3 Å². The van der Waals surface area contributed by atoms with Gasteiger partial charge in [0.15, 0.2) is 0 Å². The smallest absolute Gasteiger partial charge is 0.0366 e. The lowest BCUT2D eigenvalue weighted by atomic mass is 10.1. The minimum absolute atomic E-state index is 1.11. The van der Waals surface area contributed by atoms with Crippen LogP contribution in [0.2, 0.25) is 0 Å². The molecular formula is C15H25N. The van der Waals surface area contributed by atoms with Gasteiger partial charge in [0.05, 0.1) is 0 Å². The van der Waals surface area contributed by atoms with Crippen LogP contribution >= 0.6 is 0 Å². The predicted octanol–water partition coefficient (Wildman–Crippen LogP) is 4.48. The van der Waals surface area contributed by atoms with E-state index in [9.17, 15) is 0 Å². The molecule has 1 aromatic carbocycles. The summed E-state index contributed by atoms with van der Waals surface area (Å²) in [6, 6.07) is 10.7. The fraction of sp³-hybridized carbons (Fsp3) is 0.600. The Kier molecular flexibility index (Phi) is 6.71. The summed E-state index contributed by atoms with van der Waals surface area (Å²) in [5.74, 6) is 0. The minimum Gasteiger partial charge on any atom is -0.372 e. The highest BCUT2D eigenvalue weighted by atomic mass is 15.1. The molecule has 0 saturated heterocycles. The van der Waals surface area contributed by atoms with Crippen LogP contribution in [0.25, 0.3) is 0 Å². The third-order valence-electron chi connectivity index (χ3n) is 3.03. The molecule has 1 heteroatoms. The van der Waals surface area contributed by atoms with E-state index in [1.54, 1.807) is 0 Å². The number of rotatable bonds is 8.